The van der Waals surface area contributed by atoms with Gasteiger partial charge in [-0.3, -0.25) is 9.59 Å². The lowest BCUT2D eigenvalue weighted by atomic mass is 10.2. The number of anilines is 1. The minimum Gasteiger partial charge on any atom is -0.493 e. The summed E-state index contributed by atoms with van der Waals surface area (Å²) in [7, 11) is 1.46. The Morgan fingerprint density at radius 3 is 2.57 bits per heavy atom. The van der Waals surface area contributed by atoms with E-state index in [1.807, 2.05) is 5.43 Å². The first kappa shape index (κ1) is 22.5. The summed E-state index contributed by atoms with van der Waals surface area (Å²) in [6.07, 6.45) is -1.73. The van der Waals surface area contributed by atoms with E-state index < -0.39 is 23.6 Å². The van der Waals surface area contributed by atoms with E-state index in [-0.39, 0.29) is 5.69 Å². The summed E-state index contributed by atoms with van der Waals surface area (Å²) in [5.41, 5.74) is 1.41. The SMILES string of the molecule is C=CCOc1ccc(/C=N/NC(=O)C(=O)Nc2cccc(C(F)(F)F)c2)cc1OC. The summed E-state index contributed by atoms with van der Waals surface area (Å²) >= 11 is 0. The molecule has 0 heterocycles. The van der Waals surface area contributed by atoms with Gasteiger partial charge in [-0.25, -0.2) is 5.43 Å². The van der Waals surface area contributed by atoms with Gasteiger partial charge in [-0.05, 0) is 42.0 Å². The number of halogens is 3. The number of amides is 2. The first-order valence-corrected chi connectivity index (χ1v) is 8.48. The number of hydrazone groups is 1. The number of carbonyl (C=O) groups is 2. The van der Waals surface area contributed by atoms with Gasteiger partial charge in [0, 0.05) is 5.69 Å². The van der Waals surface area contributed by atoms with Gasteiger partial charge in [-0.15, -0.1) is 0 Å². The van der Waals surface area contributed by atoms with E-state index in [1.54, 1.807) is 24.3 Å². The Balaban J connectivity index is 1.97. The first-order valence-electron chi connectivity index (χ1n) is 8.48. The fourth-order valence-electron chi connectivity index (χ4n) is 2.21. The van der Waals surface area contributed by atoms with Gasteiger partial charge >= 0.3 is 18.0 Å². The van der Waals surface area contributed by atoms with Crippen molar-refractivity contribution in [2.24, 2.45) is 5.10 Å². The first-order chi connectivity index (χ1) is 14.2. The van der Waals surface area contributed by atoms with Crippen molar-refractivity contribution in [1.82, 2.24) is 5.43 Å². The Morgan fingerprint density at radius 1 is 1.13 bits per heavy atom. The molecule has 0 unspecified atom stereocenters. The fourth-order valence-corrected chi connectivity index (χ4v) is 2.21. The molecule has 0 aliphatic heterocycles. The van der Waals surface area contributed by atoms with Crippen molar-refractivity contribution >= 4 is 23.7 Å². The van der Waals surface area contributed by atoms with Crippen LogP contribution < -0.4 is 20.2 Å². The van der Waals surface area contributed by atoms with E-state index >= 15 is 0 Å². The number of carbonyl (C=O) groups excluding carboxylic acids is 2. The lowest BCUT2D eigenvalue weighted by molar-refractivity contribution is -0.137. The monoisotopic (exact) mass is 421 g/mol. The van der Waals surface area contributed by atoms with Crippen molar-refractivity contribution in [3.8, 4) is 11.5 Å². The zero-order valence-electron chi connectivity index (χ0n) is 15.8. The van der Waals surface area contributed by atoms with Crippen LogP contribution in [0.1, 0.15) is 11.1 Å². The third-order valence-corrected chi connectivity index (χ3v) is 3.58. The van der Waals surface area contributed by atoms with Crippen LogP contribution in [0.2, 0.25) is 0 Å². The van der Waals surface area contributed by atoms with Gasteiger partial charge in [0.15, 0.2) is 11.5 Å². The van der Waals surface area contributed by atoms with Crippen LogP contribution in [0, 0.1) is 0 Å². The Morgan fingerprint density at radius 2 is 1.90 bits per heavy atom. The second-order valence-electron chi connectivity index (χ2n) is 5.74. The number of benzene rings is 2. The Hall–Kier alpha value is -3.82. The highest BCUT2D eigenvalue weighted by atomic mass is 19.4. The summed E-state index contributed by atoms with van der Waals surface area (Å²) in [5, 5.41) is 5.73. The quantitative estimate of drug-likeness (QED) is 0.311. The second-order valence-corrected chi connectivity index (χ2v) is 5.74. The molecule has 0 saturated carbocycles. The normalized spacial score (nSPS) is 11.1. The molecule has 0 aliphatic rings. The van der Waals surface area contributed by atoms with Crippen LogP contribution in [0.5, 0.6) is 11.5 Å². The predicted octanol–water partition coefficient (Wildman–Crippen LogP) is 3.37. The summed E-state index contributed by atoms with van der Waals surface area (Å²) in [6.45, 7) is 3.84. The van der Waals surface area contributed by atoms with Crippen molar-refractivity contribution in [1.29, 1.82) is 0 Å². The van der Waals surface area contributed by atoms with Gasteiger partial charge in [0.05, 0.1) is 18.9 Å². The van der Waals surface area contributed by atoms with Crippen molar-refractivity contribution in [3.63, 3.8) is 0 Å². The van der Waals surface area contributed by atoms with Crippen molar-refractivity contribution in [2.75, 3.05) is 19.0 Å². The molecule has 158 valence electrons. The van der Waals surface area contributed by atoms with Gasteiger partial charge in [-0.2, -0.15) is 18.3 Å². The fraction of sp³-hybridized carbons (Fsp3) is 0.150. The third kappa shape index (κ3) is 6.36. The Labute approximate surface area is 170 Å². The van der Waals surface area contributed by atoms with Crippen molar-refractivity contribution in [2.45, 2.75) is 6.18 Å². The van der Waals surface area contributed by atoms with E-state index in [4.69, 9.17) is 9.47 Å². The van der Waals surface area contributed by atoms with Crippen LogP contribution in [0.4, 0.5) is 18.9 Å². The number of alkyl halides is 3. The average Bonchev–Trinajstić information content (AvgIpc) is 2.72. The molecule has 0 saturated heterocycles. The maximum Gasteiger partial charge on any atom is 0.416 e. The molecule has 2 N–H and O–H groups in total. The van der Waals surface area contributed by atoms with Crippen LogP contribution in [0.25, 0.3) is 0 Å². The molecule has 2 aromatic carbocycles. The van der Waals surface area contributed by atoms with Gasteiger partial charge in [-0.1, -0.05) is 18.7 Å². The number of rotatable bonds is 7. The molecule has 7 nitrogen and oxygen atoms in total. The maximum absolute atomic E-state index is 12.7. The smallest absolute Gasteiger partial charge is 0.416 e. The summed E-state index contributed by atoms with van der Waals surface area (Å²) in [4.78, 5) is 23.6. The van der Waals surface area contributed by atoms with E-state index in [0.29, 0.717) is 23.7 Å². The van der Waals surface area contributed by atoms with Gasteiger partial charge in [0.25, 0.3) is 0 Å². The predicted molar refractivity (Wildman–Crippen MR) is 104 cm³/mol. The minimum atomic E-state index is -4.57. The molecule has 0 bridgehead atoms. The van der Waals surface area contributed by atoms with Crippen molar-refractivity contribution in [3.05, 3.63) is 66.2 Å². The molecule has 0 spiro atoms. The molecule has 10 heteroatoms. The number of ether oxygens (including phenoxy) is 2. The Kier molecular flexibility index (Phi) is 7.56. The molecular weight excluding hydrogens is 403 g/mol. The number of nitrogens with one attached hydrogen (secondary N) is 2. The molecular formula is C20H18F3N3O4. The topological polar surface area (TPSA) is 89.0 Å². The number of hydrogen-bond donors (Lipinski definition) is 2. The summed E-state index contributed by atoms with van der Waals surface area (Å²) in [6, 6.07) is 8.77. The maximum atomic E-state index is 12.7. The number of nitrogens with zero attached hydrogens (tertiary/aromatic N) is 1. The minimum absolute atomic E-state index is 0.172. The lowest BCUT2D eigenvalue weighted by Crippen LogP contribution is -2.32. The molecule has 2 rings (SSSR count). The van der Waals surface area contributed by atoms with Crippen LogP contribution >= 0.6 is 0 Å². The van der Waals surface area contributed by atoms with Crippen LogP contribution in [-0.4, -0.2) is 31.7 Å². The molecule has 2 aromatic rings. The molecule has 0 atom stereocenters. The third-order valence-electron chi connectivity index (χ3n) is 3.58. The highest BCUT2D eigenvalue weighted by Gasteiger charge is 2.30. The van der Waals surface area contributed by atoms with Gasteiger partial charge < -0.3 is 14.8 Å². The largest absolute Gasteiger partial charge is 0.493 e. The zero-order valence-corrected chi connectivity index (χ0v) is 15.8. The average molecular weight is 421 g/mol. The molecule has 0 radical (unpaired) electrons. The molecule has 2 amide bonds. The Bertz CT molecular complexity index is 959. The molecule has 30 heavy (non-hydrogen) atoms. The van der Waals surface area contributed by atoms with Gasteiger partial charge in [0.1, 0.15) is 6.61 Å². The number of hydrogen-bond acceptors (Lipinski definition) is 5. The summed E-state index contributed by atoms with van der Waals surface area (Å²) < 4.78 is 48.7. The van der Waals surface area contributed by atoms with E-state index in [2.05, 4.69) is 17.0 Å². The molecule has 0 fully saturated rings. The van der Waals surface area contributed by atoms with Crippen molar-refractivity contribution < 1.29 is 32.2 Å². The summed E-state index contributed by atoms with van der Waals surface area (Å²) in [5.74, 6) is -1.41. The van der Waals surface area contributed by atoms with E-state index in [9.17, 15) is 22.8 Å². The van der Waals surface area contributed by atoms with Crippen LogP contribution in [-0.2, 0) is 15.8 Å². The zero-order chi connectivity index (χ0) is 22.1. The van der Waals surface area contributed by atoms with E-state index in [1.165, 1.54) is 19.4 Å². The highest BCUT2D eigenvalue weighted by molar-refractivity contribution is 6.39. The molecule has 0 aliphatic carbocycles. The standard InChI is InChI=1S/C20H18F3N3O4/c1-3-9-30-16-8-7-13(10-17(16)29-2)12-24-26-19(28)18(27)25-15-6-4-5-14(11-15)20(21,22)23/h3-8,10-12H,1,9H2,2H3,(H,25,27)(H,26,28)/b24-12+. The van der Waals surface area contributed by atoms with Gasteiger partial charge in [0.2, 0.25) is 0 Å². The second kappa shape index (κ2) is 10.1. The number of methoxy groups -OCH3 is 1. The van der Waals surface area contributed by atoms with Crippen LogP contribution in [0.3, 0.4) is 0 Å². The highest BCUT2D eigenvalue weighted by Crippen LogP contribution is 2.30. The van der Waals surface area contributed by atoms with Crippen LogP contribution in [0.15, 0.2) is 60.2 Å². The lowest BCUT2D eigenvalue weighted by Gasteiger charge is -2.10. The van der Waals surface area contributed by atoms with E-state index in [0.717, 1.165) is 18.2 Å². The molecule has 0 aromatic heterocycles.